The third-order valence-electron chi connectivity index (χ3n) is 5.01. The summed E-state index contributed by atoms with van der Waals surface area (Å²) in [6, 6.07) is 13.2. The molecule has 0 atom stereocenters. The average Bonchev–Trinajstić information content (AvgIpc) is 3.23. The summed E-state index contributed by atoms with van der Waals surface area (Å²) in [5.74, 6) is 1.79. The first-order valence-electron chi connectivity index (χ1n) is 10.2. The van der Waals surface area contributed by atoms with E-state index in [0.29, 0.717) is 11.4 Å². The molecule has 4 aromatic heterocycles. The Bertz CT molecular complexity index is 1290. The Morgan fingerprint density at radius 2 is 1.12 bits per heavy atom. The summed E-state index contributed by atoms with van der Waals surface area (Å²) < 4.78 is 4.00. The fraction of sp³-hybridized carbons (Fsp3) is 0.250. The van der Waals surface area contributed by atoms with Crippen LogP contribution in [0, 0.1) is 36.5 Å². The van der Waals surface area contributed by atoms with Crippen molar-refractivity contribution in [3.05, 3.63) is 59.2 Å². The van der Waals surface area contributed by atoms with Crippen molar-refractivity contribution in [2.24, 2.45) is 0 Å². The molecule has 0 N–H and O–H groups in total. The molecule has 0 fully saturated rings. The number of aryl methyl sites for hydroxylation is 2. The van der Waals surface area contributed by atoms with Gasteiger partial charge in [-0.3, -0.25) is 0 Å². The highest BCUT2D eigenvalue weighted by atomic mass is 33.1. The maximum Gasteiger partial charge on any atom is 0.139 e. The van der Waals surface area contributed by atoms with E-state index < -0.39 is 0 Å². The number of nitriles is 2. The van der Waals surface area contributed by atoms with E-state index in [9.17, 15) is 10.5 Å². The molecule has 0 spiro atoms. The molecule has 0 unspecified atom stereocenters. The summed E-state index contributed by atoms with van der Waals surface area (Å²) in [6.07, 6.45) is 3.97. The van der Waals surface area contributed by atoms with E-state index >= 15 is 0 Å². The topological polar surface area (TPSA) is 56.4 Å². The highest BCUT2D eigenvalue weighted by molar-refractivity contribution is 8.76. The van der Waals surface area contributed by atoms with Gasteiger partial charge in [0.05, 0.1) is 30.6 Å². The van der Waals surface area contributed by atoms with Crippen LogP contribution in [-0.2, 0) is 0 Å². The summed E-state index contributed by atoms with van der Waals surface area (Å²) in [6.45, 7) is 8.37. The number of fused-ring (bicyclic) bond motifs is 2. The summed E-state index contributed by atoms with van der Waals surface area (Å²) in [5, 5.41) is 19.8. The van der Waals surface area contributed by atoms with E-state index in [0.717, 1.165) is 42.1 Å². The van der Waals surface area contributed by atoms with Crippen molar-refractivity contribution in [3.8, 4) is 12.1 Å². The molecule has 162 valence electrons. The Kier molecular flexibility index (Phi) is 7.07. The SMILES string of the molecule is CCSc1c(SSc2c(SCC)c(C#N)n3ccc(C)cc23)c2cc(C)ccn2c1C#N. The predicted molar refractivity (Wildman–Crippen MR) is 138 cm³/mol. The predicted octanol–water partition coefficient (Wildman–Crippen LogP) is 7.58. The molecular formula is C24H22N4S4. The maximum atomic E-state index is 9.89. The van der Waals surface area contributed by atoms with Crippen molar-refractivity contribution >= 4 is 56.1 Å². The van der Waals surface area contributed by atoms with E-state index in [-0.39, 0.29) is 0 Å². The van der Waals surface area contributed by atoms with Crippen LogP contribution in [0.3, 0.4) is 0 Å². The summed E-state index contributed by atoms with van der Waals surface area (Å²) in [4.78, 5) is 4.28. The molecule has 8 heteroatoms. The summed E-state index contributed by atoms with van der Waals surface area (Å²) in [5.41, 5.74) is 5.82. The van der Waals surface area contributed by atoms with Crippen molar-refractivity contribution in [1.82, 2.24) is 8.80 Å². The third-order valence-corrected chi connectivity index (χ3v) is 9.71. The lowest BCUT2D eigenvalue weighted by Gasteiger charge is -2.06. The van der Waals surface area contributed by atoms with E-state index in [1.807, 2.05) is 33.3 Å². The molecule has 0 aliphatic heterocycles. The van der Waals surface area contributed by atoms with E-state index in [2.05, 4.69) is 52.0 Å². The van der Waals surface area contributed by atoms with Gasteiger partial charge in [-0.25, -0.2) is 0 Å². The quantitative estimate of drug-likeness (QED) is 0.195. The molecule has 0 saturated heterocycles. The fourth-order valence-corrected chi connectivity index (χ4v) is 8.67. The average molecular weight is 495 g/mol. The molecule has 0 bridgehead atoms. The van der Waals surface area contributed by atoms with E-state index in [1.165, 1.54) is 11.1 Å². The van der Waals surface area contributed by atoms with Crippen LogP contribution in [-0.4, -0.2) is 20.3 Å². The Hall–Kier alpha value is -2.10. The van der Waals surface area contributed by atoms with Crippen molar-refractivity contribution in [3.63, 3.8) is 0 Å². The molecular weight excluding hydrogens is 473 g/mol. The van der Waals surface area contributed by atoms with Gasteiger partial charge in [0, 0.05) is 12.4 Å². The Labute approximate surface area is 204 Å². The molecule has 4 nitrogen and oxygen atoms in total. The molecule has 32 heavy (non-hydrogen) atoms. The number of thioether (sulfide) groups is 2. The van der Waals surface area contributed by atoms with Gasteiger partial charge < -0.3 is 8.80 Å². The molecule has 0 amide bonds. The van der Waals surface area contributed by atoms with Crippen molar-refractivity contribution < 1.29 is 0 Å². The number of aromatic nitrogens is 2. The van der Waals surface area contributed by atoms with Crippen LogP contribution in [0.2, 0.25) is 0 Å². The molecule has 0 aromatic carbocycles. The van der Waals surface area contributed by atoms with Gasteiger partial charge in [-0.1, -0.05) is 13.8 Å². The number of rotatable bonds is 7. The highest BCUT2D eigenvalue weighted by Gasteiger charge is 2.23. The van der Waals surface area contributed by atoms with Gasteiger partial charge in [0.25, 0.3) is 0 Å². The Morgan fingerprint density at radius 3 is 1.47 bits per heavy atom. The zero-order chi connectivity index (χ0) is 22.8. The monoisotopic (exact) mass is 494 g/mol. The fourth-order valence-electron chi connectivity index (χ4n) is 3.63. The lowest BCUT2D eigenvalue weighted by Crippen LogP contribution is -1.88. The van der Waals surface area contributed by atoms with Crippen molar-refractivity contribution in [1.29, 1.82) is 10.5 Å². The second kappa shape index (κ2) is 9.80. The second-order valence-corrected chi connectivity index (χ2v) is 11.9. The van der Waals surface area contributed by atoms with Crippen LogP contribution in [0.4, 0.5) is 0 Å². The zero-order valence-electron chi connectivity index (χ0n) is 18.3. The van der Waals surface area contributed by atoms with Gasteiger partial charge in [-0.15, -0.1) is 23.5 Å². The highest BCUT2D eigenvalue weighted by Crippen LogP contribution is 2.51. The summed E-state index contributed by atoms with van der Waals surface area (Å²) in [7, 11) is 3.37. The largest absolute Gasteiger partial charge is 0.306 e. The van der Waals surface area contributed by atoms with E-state index in [1.54, 1.807) is 45.1 Å². The van der Waals surface area contributed by atoms with Gasteiger partial charge in [-0.05, 0) is 82.3 Å². The minimum absolute atomic E-state index is 0.688. The van der Waals surface area contributed by atoms with Crippen LogP contribution in [0.1, 0.15) is 36.4 Å². The first-order valence-corrected chi connectivity index (χ1v) is 14.4. The van der Waals surface area contributed by atoms with Crippen LogP contribution >= 0.6 is 45.1 Å². The molecule has 0 saturated carbocycles. The number of nitrogens with zero attached hydrogens (tertiary/aromatic N) is 4. The Morgan fingerprint density at radius 1 is 0.719 bits per heavy atom. The van der Waals surface area contributed by atoms with Gasteiger partial charge >= 0.3 is 0 Å². The van der Waals surface area contributed by atoms with Crippen LogP contribution in [0.5, 0.6) is 0 Å². The first-order chi connectivity index (χ1) is 15.5. The normalized spacial score (nSPS) is 11.2. The van der Waals surface area contributed by atoms with Crippen LogP contribution < -0.4 is 0 Å². The minimum atomic E-state index is 0.688. The van der Waals surface area contributed by atoms with Crippen molar-refractivity contribution in [2.75, 3.05) is 11.5 Å². The zero-order valence-corrected chi connectivity index (χ0v) is 21.6. The molecule has 0 aliphatic carbocycles. The maximum absolute atomic E-state index is 9.89. The molecule has 4 aromatic rings. The smallest absolute Gasteiger partial charge is 0.139 e. The minimum Gasteiger partial charge on any atom is -0.306 e. The summed E-state index contributed by atoms with van der Waals surface area (Å²) >= 11 is 3.42. The van der Waals surface area contributed by atoms with Crippen LogP contribution in [0.25, 0.3) is 11.0 Å². The molecule has 4 rings (SSSR count). The molecule has 0 aliphatic rings. The van der Waals surface area contributed by atoms with Gasteiger partial charge in [0.15, 0.2) is 0 Å². The van der Waals surface area contributed by atoms with Crippen molar-refractivity contribution in [2.45, 2.75) is 47.3 Å². The lowest BCUT2D eigenvalue weighted by molar-refractivity contribution is 1.12. The number of hydrogen-bond donors (Lipinski definition) is 0. The first kappa shape index (κ1) is 23.1. The third kappa shape index (κ3) is 4.02. The van der Waals surface area contributed by atoms with E-state index in [4.69, 9.17) is 0 Å². The molecule has 0 radical (unpaired) electrons. The number of hydrogen-bond acceptors (Lipinski definition) is 6. The Balaban J connectivity index is 1.87. The van der Waals surface area contributed by atoms with Gasteiger partial charge in [0.2, 0.25) is 0 Å². The van der Waals surface area contributed by atoms with Crippen LogP contribution in [0.15, 0.2) is 56.2 Å². The molecule has 4 heterocycles. The second-order valence-electron chi connectivity index (χ2n) is 7.19. The standard InChI is InChI=1S/C24H22N4S4/c1-5-29-21-19(13-25)27-9-7-15(3)11-17(27)23(21)31-32-24-18-12-16(4)8-10-28(18)20(14-26)22(24)30-6-2/h7-12H,5-6H2,1-4H3. The number of pyridine rings is 2. The van der Waals surface area contributed by atoms with Gasteiger partial charge in [-0.2, -0.15) is 10.5 Å². The lowest BCUT2D eigenvalue weighted by atomic mass is 10.3. The van der Waals surface area contributed by atoms with Gasteiger partial charge in [0.1, 0.15) is 23.5 Å².